The Morgan fingerprint density at radius 1 is 0.776 bits per heavy atom. The summed E-state index contributed by atoms with van der Waals surface area (Å²) in [6.07, 6.45) is 2.14. The zero-order chi connectivity index (χ0) is 35.6. The van der Waals surface area contributed by atoms with Crippen molar-refractivity contribution in [1.82, 2.24) is 29.9 Å². The van der Waals surface area contributed by atoms with Gasteiger partial charge in [0.2, 0.25) is 0 Å². The Morgan fingerprint density at radius 2 is 1.35 bits per heavy atom. The third-order valence-corrected chi connectivity index (χ3v) is 10.0. The number of hydrogen-bond acceptors (Lipinski definition) is 12. The SMILES string of the molecule is O=C(O)CN1CCN(CC(=O)O)CCN(CC(=O)O)C(Cc2ccc(NC(=S)NCCSSc3ccccn3)cc2)CN(CC(=O)O)CC1. The van der Waals surface area contributed by atoms with Gasteiger partial charge in [-0.25, -0.2) is 4.98 Å². The van der Waals surface area contributed by atoms with Crippen molar-refractivity contribution in [2.24, 2.45) is 0 Å². The topological polar surface area (TPSA) is 199 Å². The molecule has 0 amide bonds. The molecule has 18 heteroatoms. The Bertz CT molecular complexity index is 1380. The van der Waals surface area contributed by atoms with Crippen LogP contribution in [0.15, 0.2) is 53.7 Å². The van der Waals surface area contributed by atoms with Crippen molar-refractivity contribution in [3.8, 4) is 0 Å². The van der Waals surface area contributed by atoms with Crippen LogP contribution in [0.5, 0.6) is 0 Å². The minimum absolute atomic E-state index is 0.198. The highest BCUT2D eigenvalue weighted by atomic mass is 33.1. The molecule has 6 N–H and O–H groups in total. The van der Waals surface area contributed by atoms with E-state index in [1.807, 2.05) is 42.5 Å². The monoisotopic (exact) mass is 737 g/mol. The third kappa shape index (κ3) is 16.6. The lowest BCUT2D eigenvalue weighted by Gasteiger charge is -2.37. The molecule has 1 aromatic heterocycles. The summed E-state index contributed by atoms with van der Waals surface area (Å²) in [5, 5.41) is 46.1. The van der Waals surface area contributed by atoms with E-state index in [0.717, 1.165) is 22.0 Å². The fourth-order valence-electron chi connectivity index (χ4n) is 5.23. The minimum Gasteiger partial charge on any atom is -0.480 e. The van der Waals surface area contributed by atoms with Crippen LogP contribution in [0.1, 0.15) is 5.56 Å². The predicted octanol–water partition coefficient (Wildman–Crippen LogP) is 1.28. The van der Waals surface area contributed by atoms with Crippen LogP contribution >= 0.6 is 33.8 Å². The number of aliphatic carboxylic acids is 4. The molecule has 0 radical (unpaired) electrons. The lowest BCUT2D eigenvalue weighted by atomic mass is 10.0. The molecule has 49 heavy (non-hydrogen) atoms. The van der Waals surface area contributed by atoms with Crippen LogP contribution in [0.25, 0.3) is 0 Å². The van der Waals surface area contributed by atoms with Gasteiger partial charge in [0, 0.05) is 76.0 Å². The molecule has 2 heterocycles. The summed E-state index contributed by atoms with van der Waals surface area (Å²) in [6, 6.07) is 12.8. The second-order valence-electron chi connectivity index (χ2n) is 11.3. The molecule has 268 valence electrons. The minimum atomic E-state index is -1.06. The van der Waals surface area contributed by atoms with Gasteiger partial charge in [-0.3, -0.25) is 38.8 Å². The lowest BCUT2D eigenvalue weighted by molar-refractivity contribution is -0.142. The molecule has 0 saturated carbocycles. The number of nitrogens with zero attached hydrogens (tertiary/aromatic N) is 5. The summed E-state index contributed by atoms with van der Waals surface area (Å²) >= 11 is 5.44. The average molecular weight is 738 g/mol. The number of thiocarbonyl (C=S) groups is 1. The van der Waals surface area contributed by atoms with Gasteiger partial charge in [-0.05, 0) is 59.3 Å². The quantitative estimate of drug-likeness (QED) is 0.0817. The molecule has 0 spiro atoms. The Kier molecular flexibility index (Phi) is 17.5. The second-order valence-corrected chi connectivity index (χ2v) is 14.2. The maximum Gasteiger partial charge on any atom is 0.317 e. The fraction of sp³-hybridized carbons (Fsp3) is 0.484. The van der Waals surface area contributed by atoms with Crippen molar-refractivity contribution in [1.29, 1.82) is 0 Å². The zero-order valence-electron chi connectivity index (χ0n) is 27.0. The second kappa shape index (κ2) is 21.5. The van der Waals surface area contributed by atoms with Gasteiger partial charge in [0.15, 0.2) is 5.11 Å². The molecule has 1 unspecified atom stereocenters. The van der Waals surface area contributed by atoms with Gasteiger partial charge in [0.1, 0.15) is 5.03 Å². The van der Waals surface area contributed by atoms with Gasteiger partial charge in [0.25, 0.3) is 0 Å². The third-order valence-electron chi connectivity index (χ3n) is 7.50. The maximum absolute atomic E-state index is 12.0. The number of aromatic nitrogens is 1. The number of carboxylic acid groups (broad SMARTS) is 4. The Morgan fingerprint density at radius 3 is 1.92 bits per heavy atom. The first-order valence-corrected chi connectivity index (χ1v) is 18.3. The van der Waals surface area contributed by atoms with Gasteiger partial charge in [0.05, 0.1) is 26.2 Å². The highest BCUT2D eigenvalue weighted by Crippen LogP contribution is 2.28. The maximum atomic E-state index is 12.0. The number of pyridine rings is 1. The summed E-state index contributed by atoms with van der Waals surface area (Å²) in [4.78, 5) is 57.9. The highest BCUT2D eigenvalue weighted by Gasteiger charge is 2.27. The summed E-state index contributed by atoms with van der Waals surface area (Å²) in [5.74, 6) is -3.41. The molecule has 1 aliphatic heterocycles. The van der Waals surface area contributed by atoms with Crippen LogP contribution in [0.4, 0.5) is 5.69 Å². The standard InChI is InChI=1S/C31H43N7O8S3/c39-27(40)19-35-10-11-36(20-28(41)42)14-15-38(22-30(45)46)25(18-37(13-12-35)21-29(43)44)17-23-4-6-24(7-5-23)34-31(47)33-9-16-48-49-26-3-1-2-8-32-26/h1-8,25H,9-22H2,(H,39,40)(H,41,42)(H,43,44)(H,45,46)(H2,33,34,47). The van der Waals surface area contributed by atoms with Crippen molar-refractivity contribution >= 4 is 68.5 Å². The molecule has 1 aliphatic rings. The van der Waals surface area contributed by atoms with E-state index in [4.69, 9.17) is 12.2 Å². The van der Waals surface area contributed by atoms with Crippen LogP contribution in [-0.4, -0.2) is 164 Å². The predicted molar refractivity (Wildman–Crippen MR) is 192 cm³/mol. The normalized spacial score (nSPS) is 17.3. The smallest absolute Gasteiger partial charge is 0.317 e. The molecule has 1 aromatic carbocycles. The van der Waals surface area contributed by atoms with Gasteiger partial charge in [-0.1, -0.05) is 29.0 Å². The number of benzene rings is 1. The van der Waals surface area contributed by atoms with Gasteiger partial charge < -0.3 is 31.1 Å². The molecule has 3 rings (SSSR count). The van der Waals surface area contributed by atoms with Crippen LogP contribution < -0.4 is 10.6 Å². The molecular weight excluding hydrogens is 695 g/mol. The Balaban J connectivity index is 1.70. The molecular formula is C31H43N7O8S3. The van der Waals surface area contributed by atoms with Crippen molar-refractivity contribution in [3.63, 3.8) is 0 Å². The molecule has 15 nitrogen and oxygen atoms in total. The van der Waals surface area contributed by atoms with E-state index in [2.05, 4.69) is 15.6 Å². The van der Waals surface area contributed by atoms with Gasteiger partial charge >= 0.3 is 23.9 Å². The Labute approximate surface area is 298 Å². The summed E-state index contributed by atoms with van der Waals surface area (Å²) in [7, 11) is 3.26. The largest absolute Gasteiger partial charge is 0.480 e. The molecule has 0 bridgehead atoms. The molecule has 1 saturated heterocycles. The van der Waals surface area contributed by atoms with E-state index in [-0.39, 0.29) is 72.0 Å². The highest BCUT2D eigenvalue weighted by molar-refractivity contribution is 8.76. The zero-order valence-corrected chi connectivity index (χ0v) is 29.4. The van der Waals surface area contributed by atoms with E-state index in [9.17, 15) is 39.6 Å². The van der Waals surface area contributed by atoms with Crippen LogP contribution in [0, 0.1) is 0 Å². The molecule has 0 aliphatic carbocycles. The Hall–Kier alpha value is -3.52. The van der Waals surface area contributed by atoms with E-state index < -0.39 is 29.9 Å². The summed E-state index contributed by atoms with van der Waals surface area (Å²) in [5.41, 5.74) is 1.64. The van der Waals surface area contributed by atoms with Crippen LogP contribution in [0.3, 0.4) is 0 Å². The van der Waals surface area contributed by atoms with E-state index >= 15 is 0 Å². The van der Waals surface area contributed by atoms with E-state index in [0.29, 0.717) is 18.1 Å². The van der Waals surface area contributed by atoms with Crippen LogP contribution in [-0.2, 0) is 25.6 Å². The molecule has 2 aromatic rings. The van der Waals surface area contributed by atoms with Crippen molar-refractivity contribution in [2.45, 2.75) is 17.5 Å². The summed E-state index contributed by atoms with van der Waals surface area (Å²) < 4.78 is 0. The lowest BCUT2D eigenvalue weighted by Crippen LogP contribution is -2.53. The average Bonchev–Trinajstić information content (AvgIpc) is 3.03. The first kappa shape index (κ1) is 39.9. The number of carboxylic acids is 4. The first-order chi connectivity index (χ1) is 23.5. The summed E-state index contributed by atoms with van der Waals surface area (Å²) in [6.45, 7) is 1.06. The van der Waals surface area contributed by atoms with Crippen LogP contribution in [0.2, 0.25) is 0 Å². The number of anilines is 1. The fourth-order valence-corrected chi connectivity index (χ4v) is 7.24. The first-order valence-electron chi connectivity index (χ1n) is 15.6. The molecule has 1 fully saturated rings. The van der Waals surface area contributed by atoms with Gasteiger partial charge in [-0.2, -0.15) is 0 Å². The molecule has 1 atom stereocenters. The van der Waals surface area contributed by atoms with Crippen molar-refractivity contribution in [3.05, 3.63) is 54.2 Å². The number of carbonyl (C=O) groups is 4. The number of rotatable bonds is 16. The van der Waals surface area contributed by atoms with Crippen molar-refractivity contribution < 1.29 is 39.6 Å². The number of nitrogens with one attached hydrogen (secondary N) is 2. The van der Waals surface area contributed by atoms with E-state index in [1.165, 1.54) is 0 Å². The van der Waals surface area contributed by atoms with E-state index in [1.54, 1.807) is 47.4 Å². The van der Waals surface area contributed by atoms with Crippen molar-refractivity contribution in [2.75, 3.05) is 89.6 Å². The van der Waals surface area contributed by atoms with Gasteiger partial charge in [-0.15, -0.1) is 0 Å². The number of hydrogen-bond donors (Lipinski definition) is 6.